The third-order valence-corrected chi connectivity index (χ3v) is 6.84. The number of phosphoric acid groups is 1. The first-order chi connectivity index (χ1) is 15.7. The molecule has 2 aliphatic rings. The van der Waals surface area contributed by atoms with Crippen molar-refractivity contribution in [2.45, 2.75) is 82.2 Å². The summed E-state index contributed by atoms with van der Waals surface area (Å²) in [5.41, 5.74) is -0.173. The Hall–Kier alpha value is -1.74. The van der Waals surface area contributed by atoms with Gasteiger partial charge >= 0.3 is 7.82 Å². The molecule has 2 saturated heterocycles. The van der Waals surface area contributed by atoms with E-state index in [1.165, 1.54) is 22.3 Å². The minimum Gasteiger partial charge on any atom is -0.387 e. The first-order valence-corrected chi connectivity index (χ1v) is 12.4. The average molecular weight is 502 g/mol. The van der Waals surface area contributed by atoms with Crippen molar-refractivity contribution in [3.63, 3.8) is 0 Å². The maximum Gasteiger partial charge on any atom is 0.469 e. The zero-order valence-corrected chi connectivity index (χ0v) is 20.2. The fraction of sp³-hybridized carbons (Fsp3) is 0.737. The second kappa shape index (κ2) is 8.73. The lowest BCUT2D eigenvalue weighted by Crippen LogP contribution is -2.61. The van der Waals surface area contributed by atoms with E-state index in [1.54, 1.807) is 0 Å². The highest BCUT2D eigenvalue weighted by Crippen LogP contribution is 2.40. The van der Waals surface area contributed by atoms with Crippen LogP contribution in [0.3, 0.4) is 0 Å². The number of fused-ring (bicyclic) bond motifs is 1. The molecule has 34 heavy (non-hydrogen) atoms. The minimum atomic E-state index is -4.77. The molecule has 0 radical (unpaired) electrons. The monoisotopic (exact) mass is 502 g/mol. The van der Waals surface area contributed by atoms with Crippen LogP contribution in [-0.4, -0.2) is 91.8 Å². The van der Waals surface area contributed by atoms with Gasteiger partial charge in [-0.3, -0.25) is 9.09 Å². The quantitative estimate of drug-likeness (QED) is 0.297. The normalized spacial score (nSPS) is 30.1. The van der Waals surface area contributed by atoms with Crippen molar-refractivity contribution in [3.8, 4) is 0 Å². The Bertz CT molecular complexity index is 1070. The highest BCUT2D eigenvalue weighted by atomic mass is 31.2. The minimum absolute atomic E-state index is 0.0130. The topological polar surface area (TPSA) is 196 Å². The van der Waals surface area contributed by atoms with Crippen molar-refractivity contribution in [2.75, 3.05) is 11.9 Å². The summed E-state index contributed by atoms with van der Waals surface area (Å²) in [4.78, 5) is 30.8. The van der Waals surface area contributed by atoms with Crippen LogP contribution >= 0.6 is 7.82 Å². The third kappa shape index (κ3) is 4.83. The van der Waals surface area contributed by atoms with E-state index in [-0.39, 0.29) is 6.04 Å². The Labute approximate surface area is 195 Å². The lowest BCUT2D eigenvalue weighted by atomic mass is 9.79. The van der Waals surface area contributed by atoms with Crippen molar-refractivity contribution in [2.24, 2.45) is 0 Å². The number of hydrogen-bond acceptors (Lipinski definition) is 11. The fourth-order valence-corrected chi connectivity index (χ4v) is 5.32. The van der Waals surface area contributed by atoms with E-state index in [1.807, 2.05) is 27.7 Å². The van der Waals surface area contributed by atoms with E-state index in [4.69, 9.17) is 14.5 Å². The number of piperidine rings is 1. The molecule has 190 valence electrons. The van der Waals surface area contributed by atoms with Crippen LogP contribution in [0, 0.1) is 0 Å². The molecule has 0 spiro atoms. The summed E-state index contributed by atoms with van der Waals surface area (Å²) < 4.78 is 22.5. The molecule has 0 bridgehead atoms. The number of imidazole rings is 1. The molecule has 6 N–H and O–H groups in total. The summed E-state index contributed by atoms with van der Waals surface area (Å²) in [6, 6.07) is -0.0130. The van der Waals surface area contributed by atoms with Crippen molar-refractivity contribution in [1.82, 2.24) is 24.6 Å². The van der Waals surface area contributed by atoms with E-state index < -0.39 is 50.0 Å². The smallest absolute Gasteiger partial charge is 0.387 e. The van der Waals surface area contributed by atoms with Gasteiger partial charge in [-0.05, 0) is 40.5 Å². The van der Waals surface area contributed by atoms with Crippen LogP contribution in [0.5, 0.6) is 0 Å². The van der Waals surface area contributed by atoms with Gasteiger partial charge < -0.3 is 35.3 Å². The lowest BCUT2D eigenvalue weighted by Gasteiger charge is -2.51. The fourth-order valence-electron chi connectivity index (χ4n) is 4.98. The first-order valence-electron chi connectivity index (χ1n) is 10.8. The van der Waals surface area contributed by atoms with E-state index in [0.29, 0.717) is 29.8 Å². The van der Waals surface area contributed by atoms with E-state index >= 15 is 0 Å². The molecular weight excluding hydrogens is 471 g/mol. The van der Waals surface area contributed by atoms with Crippen LogP contribution in [-0.2, 0) is 13.8 Å². The van der Waals surface area contributed by atoms with Crippen LogP contribution in [0.25, 0.3) is 11.2 Å². The Morgan fingerprint density at radius 1 is 1.15 bits per heavy atom. The van der Waals surface area contributed by atoms with Crippen LogP contribution in [0.15, 0.2) is 12.7 Å². The number of ether oxygens (including phenoxy) is 1. The number of nitrogens with one attached hydrogen (secondary N) is 1. The van der Waals surface area contributed by atoms with Crippen LogP contribution in [0.4, 0.5) is 5.82 Å². The molecule has 2 aliphatic heterocycles. The van der Waals surface area contributed by atoms with Crippen molar-refractivity contribution >= 4 is 24.8 Å². The highest BCUT2D eigenvalue weighted by Gasteiger charge is 2.46. The third-order valence-electron chi connectivity index (χ3n) is 6.36. The summed E-state index contributed by atoms with van der Waals surface area (Å²) in [7, 11) is -4.77. The maximum atomic E-state index is 11.0. The summed E-state index contributed by atoms with van der Waals surface area (Å²) in [5.74, 6) is 0.473. The van der Waals surface area contributed by atoms with Crippen LogP contribution in [0.2, 0.25) is 0 Å². The van der Waals surface area contributed by atoms with Gasteiger partial charge in [-0.2, -0.15) is 5.06 Å². The maximum absolute atomic E-state index is 11.0. The molecule has 14 nitrogen and oxygen atoms in total. The van der Waals surface area contributed by atoms with Gasteiger partial charge in [0.15, 0.2) is 23.2 Å². The predicted molar refractivity (Wildman–Crippen MR) is 118 cm³/mol. The van der Waals surface area contributed by atoms with Gasteiger partial charge in [0, 0.05) is 17.1 Å². The molecule has 2 fully saturated rings. The Morgan fingerprint density at radius 2 is 1.79 bits per heavy atom. The van der Waals surface area contributed by atoms with Gasteiger partial charge in [0.2, 0.25) is 0 Å². The molecule has 0 unspecified atom stereocenters. The SMILES string of the molecule is CC1(C)CC(Nc2ncnc3c2ncn3[C@@H]2O[C@H](COP(=O)(O)O)[C@@H](O)[C@H]2O)CC(C)(C)N1O. The number of rotatable bonds is 6. The van der Waals surface area contributed by atoms with Crippen LogP contribution in [0.1, 0.15) is 46.8 Å². The number of aromatic nitrogens is 4. The molecule has 2 aromatic rings. The predicted octanol–water partition coefficient (Wildman–Crippen LogP) is 0.377. The number of anilines is 1. The highest BCUT2D eigenvalue weighted by molar-refractivity contribution is 7.46. The molecule has 0 aliphatic carbocycles. The number of hydrogen-bond donors (Lipinski definition) is 6. The average Bonchev–Trinajstić information content (AvgIpc) is 3.26. The molecule has 2 aromatic heterocycles. The molecule has 4 heterocycles. The molecular formula is C19H31N6O8P. The van der Waals surface area contributed by atoms with Crippen molar-refractivity contribution < 1.29 is 39.0 Å². The lowest BCUT2D eigenvalue weighted by molar-refractivity contribution is -0.243. The molecule has 0 aromatic carbocycles. The van der Waals surface area contributed by atoms with Crippen LogP contribution < -0.4 is 5.32 Å². The number of aliphatic hydroxyl groups excluding tert-OH is 2. The standard InChI is InChI=1S/C19H31N6O8P/c1-18(2)5-10(6-19(3,4)25(18)28)23-15-12-16(21-8-20-15)24(9-22-12)17-14(27)13(26)11(33-17)7-32-34(29,30)31/h8-11,13-14,17,26-28H,5-7H2,1-4H3,(H,20,21,23)(H2,29,30,31)/t11-,13-,14-,17-/m1/s1. The second-order valence-electron chi connectivity index (χ2n) is 10.1. The second-order valence-corrected chi connectivity index (χ2v) is 11.3. The van der Waals surface area contributed by atoms with Crippen molar-refractivity contribution in [1.29, 1.82) is 0 Å². The molecule has 0 saturated carbocycles. The molecule has 15 heteroatoms. The van der Waals surface area contributed by atoms with Crippen molar-refractivity contribution in [3.05, 3.63) is 12.7 Å². The Balaban J connectivity index is 1.56. The van der Waals surface area contributed by atoms with Gasteiger partial charge in [0.25, 0.3) is 0 Å². The molecule has 0 amide bonds. The Morgan fingerprint density at radius 3 is 2.41 bits per heavy atom. The Kier molecular flexibility index (Phi) is 6.51. The summed E-state index contributed by atoms with van der Waals surface area (Å²) in [5, 5.41) is 36.1. The number of nitrogens with zero attached hydrogens (tertiary/aromatic N) is 5. The van der Waals surface area contributed by atoms with Gasteiger partial charge in [-0.1, -0.05) is 0 Å². The number of aliphatic hydroxyl groups is 2. The number of phosphoric ester groups is 1. The largest absolute Gasteiger partial charge is 0.469 e. The van der Waals surface area contributed by atoms with Gasteiger partial charge in [0.05, 0.1) is 12.9 Å². The van der Waals surface area contributed by atoms with Gasteiger partial charge in [-0.15, -0.1) is 0 Å². The summed E-state index contributed by atoms with van der Waals surface area (Å²) in [6.45, 7) is 7.24. The number of hydroxylamine groups is 2. The zero-order valence-electron chi connectivity index (χ0n) is 19.3. The van der Waals surface area contributed by atoms with E-state index in [0.717, 1.165) is 0 Å². The molecule has 4 atom stereocenters. The molecule has 4 rings (SSSR count). The first kappa shape index (κ1) is 25.4. The van der Waals surface area contributed by atoms with E-state index in [2.05, 4.69) is 24.8 Å². The summed E-state index contributed by atoms with van der Waals surface area (Å²) >= 11 is 0. The van der Waals surface area contributed by atoms with Gasteiger partial charge in [0.1, 0.15) is 24.6 Å². The van der Waals surface area contributed by atoms with Gasteiger partial charge in [-0.25, -0.2) is 19.5 Å². The summed E-state index contributed by atoms with van der Waals surface area (Å²) in [6.07, 6.45) is -1.10. The van der Waals surface area contributed by atoms with E-state index in [9.17, 15) is 20.0 Å². The zero-order chi connectivity index (χ0) is 25.1.